The van der Waals surface area contributed by atoms with Crippen molar-refractivity contribution in [2.75, 3.05) is 0 Å². The molecule has 1 saturated heterocycles. The van der Waals surface area contributed by atoms with Crippen LogP contribution in [0.2, 0.25) is 0 Å². The van der Waals surface area contributed by atoms with E-state index in [-0.39, 0.29) is 23.5 Å². The average Bonchev–Trinajstić information content (AvgIpc) is 2.38. The van der Waals surface area contributed by atoms with Gasteiger partial charge in [0, 0.05) is 17.5 Å². The Labute approximate surface area is 121 Å². The first-order valence-corrected chi connectivity index (χ1v) is 8.33. The van der Waals surface area contributed by atoms with Crippen molar-refractivity contribution in [2.45, 2.75) is 88.9 Å². The summed E-state index contributed by atoms with van der Waals surface area (Å²) in [4.78, 5) is 14.3. The minimum Gasteiger partial charge on any atom is -0.370 e. The Hall–Kier alpha value is -0.770. The molecule has 0 aromatic rings. The highest BCUT2D eigenvalue weighted by molar-refractivity contribution is 5.77. The molecule has 3 fully saturated rings. The van der Waals surface area contributed by atoms with Gasteiger partial charge in [0.05, 0.1) is 0 Å². The Morgan fingerprint density at radius 3 is 2.45 bits per heavy atom. The molecule has 0 aromatic carbocycles. The highest BCUT2D eigenvalue weighted by Gasteiger charge is 2.60. The number of hydrogen-bond donors (Lipinski definition) is 2. The molecule has 4 nitrogen and oxygen atoms in total. The van der Waals surface area contributed by atoms with Crippen molar-refractivity contribution in [3.63, 3.8) is 0 Å². The molecule has 114 valence electrons. The van der Waals surface area contributed by atoms with Crippen molar-refractivity contribution >= 4 is 6.03 Å². The summed E-state index contributed by atoms with van der Waals surface area (Å²) in [5.74, 6) is 0.198. The van der Waals surface area contributed by atoms with Gasteiger partial charge in [-0.05, 0) is 46.0 Å². The number of nitrogens with one attached hydrogen (secondary N) is 1. The highest BCUT2D eigenvalue weighted by atomic mass is 16.3. The normalized spacial score (nSPS) is 36.9. The van der Waals surface area contributed by atoms with E-state index >= 15 is 0 Å². The molecule has 4 heteroatoms. The largest absolute Gasteiger partial charge is 0.370 e. The van der Waals surface area contributed by atoms with Crippen molar-refractivity contribution in [1.29, 1.82) is 0 Å². The van der Waals surface area contributed by atoms with E-state index in [0.717, 1.165) is 32.1 Å². The maximum absolute atomic E-state index is 12.6. The molecular weight excluding hydrogens is 252 g/mol. The number of hydrogen-bond acceptors (Lipinski definition) is 2. The van der Waals surface area contributed by atoms with E-state index in [2.05, 4.69) is 5.32 Å². The van der Waals surface area contributed by atoms with Crippen LogP contribution < -0.4 is 5.32 Å². The predicted octanol–water partition coefficient (Wildman–Crippen LogP) is 3.00. The Morgan fingerprint density at radius 2 is 1.80 bits per heavy atom. The Balaban J connectivity index is 1.99. The smallest absolute Gasteiger partial charge is 0.320 e. The van der Waals surface area contributed by atoms with Crippen LogP contribution in [0.1, 0.15) is 71.6 Å². The van der Waals surface area contributed by atoms with Crippen LogP contribution >= 0.6 is 0 Å². The van der Waals surface area contributed by atoms with E-state index < -0.39 is 5.72 Å². The summed E-state index contributed by atoms with van der Waals surface area (Å²) >= 11 is 0. The molecule has 2 aliphatic carbocycles. The second kappa shape index (κ2) is 4.90. The van der Waals surface area contributed by atoms with Crippen LogP contribution in [0.3, 0.4) is 0 Å². The summed E-state index contributed by atoms with van der Waals surface area (Å²) in [6.45, 7) is 4.00. The fraction of sp³-hybridized carbons (Fsp3) is 0.938. The highest BCUT2D eigenvalue weighted by Crippen LogP contribution is 2.50. The molecular formula is C16H28N2O2. The molecule has 0 radical (unpaired) electrons. The minimum absolute atomic E-state index is 0.0431. The van der Waals surface area contributed by atoms with Crippen molar-refractivity contribution in [3.8, 4) is 0 Å². The Morgan fingerprint density at radius 1 is 1.15 bits per heavy atom. The van der Waals surface area contributed by atoms with Gasteiger partial charge >= 0.3 is 6.03 Å². The molecule has 3 aliphatic rings. The van der Waals surface area contributed by atoms with Crippen molar-refractivity contribution in [3.05, 3.63) is 0 Å². The number of urea groups is 1. The summed E-state index contributed by atoms with van der Waals surface area (Å²) in [5, 5.41) is 14.7. The van der Waals surface area contributed by atoms with Crippen LogP contribution in [0.4, 0.5) is 4.79 Å². The molecule has 2 atom stereocenters. The molecule has 0 aromatic heterocycles. The van der Waals surface area contributed by atoms with Crippen LogP contribution in [-0.4, -0.2) is 33.3 Å². The fourth-order valence-corrected chi connectivity index (χ4v) is 5.02. The zero-order valence-corrected chi connectivity index (χ0v) is 12.8. The molecule has 1 heterocycles. The van der Waals surface area contributed by atoms with Crippen LogP contribution in [0, 0.1) is 5.92 Å². The number of carbonyl (C=O) groups excluding carboxylic acids is 1. The van der Waals surface area contributed by atoms with E-state index in [1.54, 1.807) is 4.90 Å². The second-order valence-corrected chi connectivity index (χ2v) is 7.29. The predicted molar refractivity (Wildman–Crippen MR) is 78.2 cm³/mol. The number of fused-ring (bicyclic) bond motifs is 2. The van der Waals surface area contributed by atoms with Gasteiger partial charge < -0.3 is 10.4 Å². The first-order valence-electron chi connectivity index (χ1n) is 8.33. The maximum Gasteiger partial charge on any atom is 0.320 e. The lowest BCUT2D eigenvalue weighted by Gasteiger charge is -2.61. The lowest BCUT2D eigenvalue weighted by atomic mass is 9.62. The van der Waals surface area contributed by atoms with Crippen LogP contribution in [0.15, 0.2) is 0 Å². The molecule has 0 bridgehead atoms. The molecule has 2 saturated carbocycles. The third-order valence-corrected chi connectivity index (χ3v) is 5.77. The van der Waals surface area contributed by atoms with E-state index in [0.29, 0.717) is 0 Å². The van der Waals surface area contributed by atoms with Crippen molar-refractivity contribution in [2.24, 2.45) is 5.92 Å². The topological polar surface area (TPSA) is 52.6 Å². The lowest BCUT2D eigenvalue weighted by Crippen LogP contribution is -2.76. The number of nitrogens with zero attached hydrogens (tertiary/aromatic N) is 1. The molecule has 2 N–H and O–H groups in total. The lowest BCUT2D eigenvalue weighted by molar-refractivity contribution is -0.199. The average molecular weight is 280 g/mol. The fourth-order valence-electron chi connectivity index (χ4n) is 5.02. The summed E-state index contributed by atoms with van der Waals surface area (Å²) in [6.07, 6.45) is 9.68. The Bertz CT molecular complexity index is 390. The number of carbonyl (C=O) groups is 1. The first kappa shape index (κ1) is 14.2. The van der Waals surface area contributed by atoms with Gasteiger partial charge in [-0.1, -0.05) is 25.7 Å². The Kier molecular flexibility index (Phi) is 3.47. The van der Waals surface area contributed by atoms with Crippen LogP contribution in [-0.2, 0) is 0 Å². The van der Waals surface area contributed by atoms with Gasteiger partial charge in [0.25, 0.3) is 0 Å². The van der Waals surface area contributed by atoms with E-state index in [4.69, 9.17) is 0 Å². The zero-order valence-electron chi connectivity index (χ0n) is 12.8. The summed E-state index contributed by atoms with van der Waals surface area (Å²) in [6, 6.07) is -0.0101. The van der Waals surface area contributed by atoms with E-state index in [9.17, 15) is 9.90 Å². The zero-order chi connectivity index (χ0) is 14.4. The van der Waals surface area contributed by atoms with Crippen molar-refractivity contribution in [1.82, 2.24) is 10.2 Å². The minimum atomic E-state index is -0.925. The molecule has 1 spiro atoms. The quantitative estimate of drug-likeness (QED) is 0.776. The summed E-state index contributed by atoms with van der Waals surface area (Å²) < 4.78 is 0. The summed E-state index contributed by atoms with van der Waals surface area (Å²) in [5.41, 5.74) is -1.07. The van der Waals surface area contributed by atoms with Gasteiger partial charge in [-0.3, -0.25) is 4.90 Å². The molecule has 1 aliphatic heterocycles. The van der Waals surface area contributed by atoms with Crippen molar-refractivity contribution < 1.29 is 9.90 Å². The van der Waals surface area contributed by atoms with Gasteiger partial charge in [-0.25, -0.2) is 4.79 Å². The summed E-state index contributed by atoms with van der Waals surface area (Å²) in [7, 11) is 0. The third kappa shape index (κ3) is 1.95. The van der Waals surface area contributed by atoms with Gasteiger partial charge in [-0.15, -0.1) is 0 Å². The van der Waals surface area contributed by atoms with Gasteiger partial charge in [0.1, 0.15) is 5.72 Å². The van der Waals surface area contributed by atoms with Crippen LogP contribution in [0.25, 0.3) is 0 Å². The van der Waals surface area contributed by atoms with Gasteiger partial charge in [0.2, 0.25) is 0 Å². The second-order valence-electron chi connectivity index (χ2n) is 7.29. The molecule has 3 rings (SSSR count). The molecule has 20 heavy (non-hydrogen) atoms. The number of aliphatic hydroxyl groups is 1. The number of rotatable bonds is 1. The monoisotopic (exact) mass is 280 g/mol. The van der Waals surface area contributed by atoms with Gasteiger partial charge in [-0.2, -0.15) is 0 Å². The molecule has 2 amide bonds. The van der Waals surface area contributed by atoms with Crippen LogP contribution in [0.5, 0.6) is 0 Å². The SMILES string of the molecule is CC(C)N1C(=O)NC2(CCCCC2)[C@H]2CCCC[C@@]21O. The first-order chi connectivity index (χ1) is 9.50. The van der Waals surface area contributed by atoms with E-state index in [1.165, 1.54) is 25.7 Å². The van der Waals surface area contributed by atoms with E-state index in [1.807, 2.05) is 13.8 Å². The van der Waals surface area contributed by atoms with Gasteiger partial charge in [0.15, 0.2) is 0 Å². The third-order valence-electron chi connectivity index (χ3n) is 5.77. The number of amides is 2. The molecule has 0 unspecified atom stereocenters. The maximum atomic E-state index is 12.6. The standard InChI is InChI=1S/C16H28N2O2/c1-12(2)18-14(19)17-15(9-5-3-6-10-15)13-8-4-7-11-16(13,18)20/h12-13,20H,3-11H2,1-2H3,(H,17,19)/t13-,16-/m1/s1.